The Morgan fingerprint density at radius 2 is 1.02 bits per heavy atom. The molecule has 2 heterocycles. The average molecular weight is 636 g/mol. The number of nitrogens with zero attached hydrogens (tertiary/aromatic N) is 5. The molecule has 50 heavy (non-hydrogen) atoms. The van der Waals surface area contributed by atoms with Crippen molar-refractivity contribution in [3.63, 3.8) is 0 Å². The van der Waals surface area contributed by atoms with Crippen LogP contribution in [0.25, 0.3) is 77.2 Å². The van der Waals surface area contributed by atoms with Crippen molar-refractivity contribution in [2.45, 2.75) is 0 Å². The van der Waals surface area contributed by atoms with E-state index in [1.54, 1.807) is 0 Å². The fourth-order valence-corrected chi connectivity index (χ4v) is 7.38. The number of rotatable bonds is 4. The van der Waals surface area contributed by atoms with Crippen molar-refractivity contribution in [1.82, 2.24) is 9.13 Å². The minimum atomic E-state index is 0.565. The summed E-state index contributed by atoms with van der Waals surface area (Å²) in [5.41, 5.74) is 11.7. The predicted octanol–water partition coefficient (Wildman–Crippen LogP) is 10.8. The summed E-state index contributed by atoms with van der Waals surface area (Å²) in [6.07, 6.45) is 0. The van der Waals surface area contributed by atoms with Crippen molar-refractivity contribution in [2.24, 2.45) is 0 Å². The van der Waals surface area contributed by atoms with E-state index in [4.69, 9.17) is 0 Å². The van der Waals surface area contributed by atoms with Crippen LogP contribution in [0.15, 0.2) is 152 Å². The van der Waals surface area contributed by atoms with Crippen LogP contribution in [0.1, 0.15) is 16.7 Å². The van der Waals surface area contributed by atoms with Crippen LogP contribution in [0.2, 0.25) is 0 Å². The molecule has 0 N–H and O–H groups in total. The maximum absolute atomic E-state index is 10.1. The molecule has 0 bridgehead atoms. The molecule has 0 saturated heterocycles. The van der Waals surface area contributed by atoms with Gasteiger partial charge in [-0.3, -0.25) is 0 Å². The molecule has 7 aromatic carbocycles. The fourth-order valence-electron chi connectivity index (χ4n) is 7.38. The summed E-state index contributed by atoms with van der Waals surface area (Å²) in [5.74, 6) is 0. The Kier molecular flexibility index (Phi) is 6.56. The first-order valence-electron chi connectivity index (χ1n) is 16.3. The lowest BCUT2D eigenvalue weighted by Gasteiger charge is -2.16. The summed E-state index contributed by atoms with van der Waals surface area (Å²) in [6.45, 7) is 0. The fraction of sp³-hybridized carbons (Fsp3) is 0. The van der Waals surface area contributed by atoms with Crippen LogP contribution >= 0.6 is 0 Å². The number of hydrogen-bond acceptors (Lipinski definition) is 3. The van der Waals surface area contributed by atoms with Crippen molar-refractivity contribution < 1.29 is 0 Å². The zero-order valence-electron chi connectivity index (χ0n) is 26.7. The number of benzene rings is 7. The summed E-state index contributed by atoms with van der Waals surface area (Å²) in [6, 6.07) is 57.9. The molecule has 9 aromatic rings. The standard InChI is InChI=1S/C45H25N5/c46-26-29-15-21-43(50-42-14-4-1-10-36(42)38-12-6-8-34(28-48)45(38)50)39(23-29)32-19-17-31(18-20-32)33-7-5-9-35(25-33)49-41-13-3-2-11-37(41)40-24-30(27-47)16-22-44(40)49/h1-25H. The highest BCUT2D eigenvalue weighted by atomic mass is 15.0. The lowest BCUT2D eigenvalue weighted by molar-refractivity contribution is 1.17. The molecule has 2 aromatic heterocycles. The van der Waals surface area contributed by atoms with Gasteiger partial charge in [0.15, 0.2) is 0 Å². The van der Waals surface area contributed by atoms with E-state index in [0.29, 0.717) is 16.7 Å². The molecular weight excluding hydrogens is 611 g/mol. The molecule has 0 aliphatic carbocycles. The second-order valence-corrected chi connectivity index (χ2v) is 12.3. The van der Waals surface area contributed by atoms with Gasteiger partial charge in [-0.25, -0.2) is 0 Å². The van der Waals surface area contributed by atoms with Gasteiger partial charge >= 0.3 is 0 Å². The molecule has 230 valence electrons. The number of nitriles is 3. The lowest BCUT2D eigenvalue weighted by Crippen LogP contribution is -1.99. The molecule has 0 aliphatic rings. The van der Waals surface area contributed by atoms with Gasteiger partial charge in [-0.2, -0.15) is 15.8 Å². The van der Waals surface area contributed by atoms with Gasteiger partial charge in [0.25, 0.3) is 0 Å². The van der Waals surface area contributed by atoms with E-state index >= 15 is 0 Å². The van der Waals surface area contributed by atoms with Crippen LogP contribution in [0, 0.1) is 34.0 Å². The van der Waals surface area contributed by atoms with Crippen LogP contribution < -0.4 is 0 Å². The Bertz CT molecular complexity index is 2960. The average Bonchev–Trinajstić information content (AvgIpc) is 3.70. The lowest BCUT2D eigenvalue weighted by atomic mass is 9.97. The largest absolute Gasteiger partial charge is 0.309 e. The minimum absolute atomic E-state index is 0.565. The number of hydrogen-bond donors (Lipinski definition) is 0. The number of para-hydroxylation sites is 3. The van der Waals surface area contributed by atoms with E-state index in [0.717, 1.165) is 77.2 Å². The summed E-state index contributed by atoms with van der Waals surface area (Å²) in [7, 11) is 0. The van der Waals surface area contributed by atoms with Gasteiger partial charge in [-0.1, -0.05) is 84.9 Å². The number of fused-ring (bicyclic) bond motifs is 6. The molecule has 5 heteroatoms. The third-order valence-corrected chi connectivity index (χ3v) is 9.62. The van der Waals surface area contributed by atoms with Crippen LogP contribution in [0.5, 0.6) is 0 Å². The van der Waals surface area contributed by atoms with Crippen LogP contribution in [-0.2, 0) is 0 Å². The van der Waals surface area contributed by atoms with Gasteiger partial charge in [0, 0.05) is 32.8 Å². The van der Waals surface area contributed by atoms with Crippen molar-refractivity contribution in [2.75, 3.05) is 0 Å². The van der Waals surface area contributed by atoms with Crippen molar-refractivity contribution >= 4 is 43.6 Å². The molecular formula is C45H25N5. The predicted molar refractivity (Wildman–Crippen MR) is 200 cm³/mol. The summed E-state index contributed by atoms with van der Waals surface area (Å²) >= 11 is 0. The first kappa shape index (κ1) is 28.8. The van der Waals surface area contributed by atoms with E-state index in [-0.39, 0.29) is 0 Å². The molecule has 0 unspecified atom stereocenters. The third kappa shape index (κ3) is 4.38. The molecule has 0 saturated carbocycles. The van der Waals surface area contributed by atoms with Gasteiger partial charge in [-0.05, 0) is 83.4 Å². The van der Waals surface area contributed by atoms with Crippen molar-refractivity contribution in [3.05, 3.63) is 168 Å². The van der Waals surface area contributed by atoms with Gasteiger partial charge in [-0.15, -0.1) is 0 Å². The second-order valence-electron chi connectivity index (χ2n) is 12.3. The molecule has 0 spiro atoms. The Morgan fingerprint density at radius 1 is 0.400 bits per heavy atom. The summed E-state index contributed by atoms with van der Waals surface area (Å²) < 4.78 is 4.41. The minimum Gasteiger partial charge on any atom is -0.309 e. The second kappa shape index (κ2) is 11.4. The van der Waals surface area contributed by atoms with Gasteiger partial charge in [0.1, 0.15) is 6.07 Å². The maximum Gasteiger partial charge on any atom is 0.101 e. The highest BCUT2D eigenvalue weighted by Gasteiger charge is 2.19. The monoisotopic (exact) mass is 635 g/mol. The first-order chi connectivity index (χ1) is 24.7. The van der Waals surface area contributed by atoms with E-state index < -0.39 is 0 Å². The zero-order chi connectivity index (χ0) is 33.8. The van der Waals surface area contributed by atoms with E-state index in [1.165, 1.54) is 0 Å². The Balaban J connectivity index is 1.18. The highest BCUT2D eigenvalue weighted by Crippen LogP contribution is 2.39. The molecule has 0 aliphatic heterocycles. The first-order valence-corrected chi connectivity index (χ1v) is 16.3. The van der Waals surface area contributed by atoms with E-state index in [9.17, 15) is 15.8 Å². The molecule has 9 rings (SSSR count). The van der Waals surface area contributed by atoms with Crippen molar-refractivity contribution in [1.29, 1.82) is 15.8 Å². The molecule has 5 nitrogen and oxygen atoms in total. The maximum atomic E-state index is 10.1. The van der Waals surface area contributed by atoms with Crippen LogP contribution in [0.3, 0.4) is 0 Å². The normalized spacial score (nSPS) is 11.1. The summed E-state index contributed by atoms with van der Waals surface area (Å²) in [5, 5.41) is 33.8. The molecule has 0 radical (unpaired) electrons. The Hall–Kier alpha value is -7.39. The smallest absolute Gasteiger partial charge is 0.101 e. The summed E-state index contributed by atoms with van der Waals surface area (Å²) in [4.78, 5) is 0. The van der Waals surface area contributed by atoms with Crippen LogP contribution in [-0.4, -0.2) is 9.13 Å². The third-order valence-electron chi connectivity index (χ3n) is 9.62. The highest BCUT2D eigenvalue weighted by molar-refractivity contribution is 6.12. The van der Waals surface area contributed by atoms with Gasteiger partial charge in [0.2, 0.25) is 0 Å². The molecule has 0 amide bonds. The van der Waals surface area contributed by atoms with E-state index in [1.807, 2.05) is 72.8 Å². The zero-order valence-corrected chi connectivity index (χ0v) is 26.7. The SMILES string of the molecule is N#Cc1ccc(-n2c3ccccc3c3cccc(C#N)c32)c(-c2ccc(-c3cccc(-n4c5ccccc5c5cc(C#N)ccc54)c3)cc2)c1. The van der Waals surface area contributed by atoms with Crippen LogP contribution in [0.4, 0.5) is 0 Å². The topological polar surface area (TPSA) is 81.2 Å². The molecule has 0 atom stereocenters. The number of aromatic nitrogens is 2. The van der Waals surface area contributed by atoms with Gasteiger partial charge < -0.3 is 9.13 Å². The molecule has 0 fully saturated rings. The van der Waals surface area contributed by atoms with Crippen molar-refractivity contribution in [3.8, 4) is 51.8 Å². The van der Waals surface area contributed by atoms with Gasteiger partial charge in [0.05, 0.1) is 56.6 Å². The van der Waals surface area contributed by atoms with E-state index in [2.05, 4.69) is 106 Å². The Morgan fingerprint density at radius 3 is 1.78 bits per heavy atom. The quantitative estimate of drug-likeness (QED) is 0.193. The Labute approximate surface area is 287 Å².